The molecule has 2 rings (SSSR count). The Labute approximate surface area is 119 Å². The van der Waals surface area contributed by atoms with E-state index in [1.807, 2.05) is 18.2 Å². The molecule has 90 valence electrons. The third-order valence-electron chi connectivity index (χ3n) is 2.41. The third kappa shape index (κ3) is 3.36. The Kier molecular flexibility index (Phi) is 4.34. The minimum Gasteiger partial charge on any atom is -0.324 e. The van der Waals surface area contributed by atoms with Crippen LogP contribution in [-0.2, 0) is 6.42 Å². The van der Waals surface area contributed by atoms with Crippen LogP contribution >= 0.6 is 46.1 Å². The highest BCUT2D eigenvalue weighted by Gasteiger charge is 2.12. The molecule has 0 amide bonds. The molecule has 1 atom stereocenters. The Morgan fingerprint density at radius 2 is 1.88 bits per heavy atom. The van der Waals surface area contributed by atoms with Gasteiger partial charge in [0.05, 0.1) is 4.34 Å². The minimum absolute atomic E-state index is 0.170. The van der Waals surface area contributed by atoms with E-state index in [9.17, 15) is 0 Å². The normalized spacial score (nSPS) is 12.7. The molecule has 1 unspecified atom stereocenters. The molecule has 5 heteroatoms. The lowest BCUT2D eigenvalue weighted by Gasteiger charge is -2.13. The molecule has 1 aromatic carbocycles. The van der Waals surface area contributed by atoms with E-state index < -0.39 is 0 Å². The van der Waals surface area contributed by atoms with Gasteiger partial charge in [0.25, 0.3) is 0 Å². The summed E-state index contributed by atoms with van der Waals surface area (Å²) in [5.74, 6) is 0. The van der Waals surface area contributed by atoms with E-state index in [-0.39, 0.29) is 6.04 Å². The van der Waals surface area contributed by atoms with E-state index in [0.717, 1.165) is 14.8 Å². The van der Waals surface area contributed by atoms with Crippen molar-refractivity contribution in [3.63, 3.8) is 0 Å². The van der Waals surface area contributed by atoms with Crippen molar-refractivity contribution < 1.29 is 0 Å². The van der Waals surface area contributed by atoms with Crippen LogP contribution in [0.15, 0.2) is 30.3 Å². The van der Waals surface area contributed by atoms with Crippen molar-refractivity contribution >= 4 is 46.1 Å². The van der Waals surface area contributed by atoms with Gasteiger partial charge in [-0.25, -0.2) is 0 Å². The van der Waals surface area contributed by atoms with Gasteiger partial charge in [0.2, 0.25) is 0 Å². The molecule has 0 spiro atoms. The lowest BCUT2D eigenvalue weighted by molar-refractivity contribution is 0.730. The van der Waals surface area contributed by atoms with Gasteiger partial charge < -0.3 is 5.73 Å². The lowest BCUT2D eigenvalue weighted by atomic mass is 10.0. The number of halogens is 3. The largest absolute Gasteiger partial charge is 0.324 e. The van der Waals surface area contributed by atoms with Crippen LogP contribution in [0, 0.1) is 0 Å². The van der Waals surface area contributed by atoms with Crippen molar-refractivity contribution in [2.45, 2.75) is 12.5 Å². The van der Waals surface area contributed by atoms with Gasteiger partial charge in [-0.1, -0.05) is 34.8 Å². The van der Waals surface area contributed by atoms with Gasteiger partial charge in [-0.05, 0) is 35.9 Å². The van der Waals surface area contributed by atoms with Crippen LogP contribution in [0.5, 0.6) is 0 Å². The smallest absolute Gasteiger partial charge is 0.0931 e. The summed E-state index contributed by atoms with van der Waals surface area (Å²) in [6.45, 7) is 0. The quantitative estimate of drug-likeness (QED) is 0.853. The van der Waals surface area contributed by atoms with Gasteiger partial charge in [0.15, 0.2) is 0 Å². The first-order valence-electron chi connectivity index (χ1n) is 5.01. The molecular formula is C12H10Cl3NS. The number of thiophene rings is 1. The molecule has 0 saturated carbocycles. The molecule has 1 nitrogen and oxygen atoms in total. The number of nitrogens with two attached hydrogens (primary N) is 1. The molecule has 17 heavy (non-hydrogen) atoms. The third-order valence-corrected chi connectivity index (χ3v) is 4.24. The van der Waals surface area contributed by atoms with Gasteiger partial charge in [-0.3, -0.25) is 0 Å². The van der Waals surface area contributed by atoms with Gasteiger partial charge in [-0.15, -0.1) is 11.3 Å². The molecule has 0 aliphatic rings. The van der Waals surface area contributed by atoms with Crippen LogP contribution in [0.3, 0.4) is 0 Å². The predicted molar refractivity (Wildman–Crippen MR) is 76.4 cm³/mol. The van der Waals surface area contributed by atoms with Crippen LogP contribution in [0.1, 0.15) is 16.5 Å². The monoisotopic (exact) mass is 305 g/mol. The van der Waals surface area contributed by atoms with Crippen LogP contribution in [-0.4, -0.2) is 0 Å². The summed E-state index contributed by atoms with van der Waals surface area (Å²) < 4.78 is 0.768. The van der Waals surface area contributed by atoms with Crippen molar-refractivity contribution in [3.8, 4) is 0 Å². The first-order valence-corrected chi connectivity index (χ1v) is 6.96. The summed E-state index contributed by atoms with van der Waals surface area (Å²) in [7, 11) is 0. The van der Waals surface area contributed by atoms with Gasteiger partial charge in [0, 0.05) is 27.4 Å². The van der Waals surface area contributed by atoms with Crippen molar-refractivity contribution in [2.75, 3.05) is 0 Å². The SMILES string of the molecule is NC(Cc1ccc(Cl)s1)c1cc(Cl)ccc1Cl. The van der Waals surface area contributed by atoms with Crippen molar-refractivity contribution in [1.29, 1.82) is 0 Å². The van der Waals surface area contributed by atoms with Crippen LogP contribution in [0.25, 0.3) is 0 Å². The van der Waals surface area contributed by atoms with Crippen LogP contribution in [0.4, 0.5) is 0 Å². The fourth-order valence-electron chi connectivity index (χ4n) is 1.59. The molecule has 1 heterocycles. The van der Waals surface area contributed by atoms with Crippen LogP contribution in [0.2, 0.25) is 14.4 Å². The fourth-order valence-corrected chi connectivity index (χ4v) is 3.17. The summed E-state index contributed by atoms with van der Waals surface area (Å²) in [5.41, 5.74) is 6.99. The Morgan fingerprint density at radius 1 is 1.12 bits per heavy atom. The highest BCUT2D eigenvalue weighted by Crippen LogP contribution is 2.30. The molecule has 0 radical (unpaired) electrons. The Balaban J connectivity index is 2.19. The van der Waals surface area contributed by atoms with Crippen molar-refractivity contribution in [2.24, 2.45) is 5.73 Å². The fraction of sp³-hybridized carbons (Fsp3) is 0.167. The second-order valence-corrected chi connectivity index (χ2v) is 6.33. The van der Waals surface area contributed by atoms with E-state index in [2.05, 4.69) is 0 Å². The summed E-state index contributed by atoms with van der Waals surface area (Å²) in [5, 5.41) is 1.29. The maximum atomic E-state index is 6.13. The zero-order valence-corrected chi connectivity index (χ0v) is 11.9. The standard InChI is InChI=1S/C12H10Cl3NS/c13-7-1-3-10(14)9(5-7)11(16)6-8-2-4-12(15)17-8/h1-5,11H,6,16H2. The van der Waals surface area contributed by atoms with E-state index >= 15 is 0 Å². The van der Waals surface area contributed by atoms with Crippen LogP contribution < -0.4 is 5.73 Å². The van der Waals surface area contributed by atoms with Crippen molar-refractivity contribution in [3.05, 3.63) is 55.2 Å². The average Bonchev–Trinajstić information content (AvgIpc) is 2.67. The van der Waals surface area contributed by atoms with E-state index in [1.54, 1.807) is 12.1 Å². The molecule has 2 aromatic rings. The number of hydrogen-bond donors (Lipinski definition) is 1. The maximum Gasteiger partial charge on any atom is 0.0931 e. The summed E-state index contributed by atoms with van der Waals surface area (Å²) in [6, 6.07) is 9.00. The molecule has 0 aliphatic heterocycles. The summed E-state index contributed by atoms with van der Waals surface area (Å²) in [4.78, 5) is 1.14. The first-order chi connectivity index (χ1) is 8.06. The molecule has 0 saturated heterocycles. The maximum absolute atomic E-state index is 6.13. The molecule has 0 aliphatic carbocycles. The second-order valence-electron chi connectivity index (χ2n) is 3.68. The van der Waals surface area contributed by atoms with E-state index in [4.69, 9.17) is 40.5 Å². The molecule has 2 N–H and O–H groups in total. The second kappa shape index (κ2) is 5.59. The van der Waals surface area contributed by atoms with E-state index in [1.165, 1.54) is 11.3 Å². The lowest BCUT2D eigenvalue weighted by Crippen LogP contribution is -2.13. The Bertz CT molecular complexity index is 524. The number of benzene rings is 1. The zero-order chi connectivity index (χ0) is 12.4. The first kappa shape index (κ1) is 13.2. The zero-order valence-electron chi connectivity index (χ0n) is 8.79. The Hall–Kier alpha value is -0.250. The minimum atomic E-state index is -0.170. The van der Waals surface area contributed by atoms with Gasteiger partial charge >= 0.3 is 0 Å². The predicted octanol–water partition coefficient (Wildman–Crippen LogP) is 4.95. The van der Waals surface area contributed by atoms with Gasteiger partial charge in [0.1, 0.15) is 0 Å². The Morgan fingerprint density at radius 3 is 2.53 bits per heavy atom. The highest BCUT2D eigenvalue weighted by molar-refractivity contribution is 7.16. The van der Waals surface area contributed by atoms with E-state index in [0.29, 0.717) is 16.5 Å². The molecule has 0 bridgehead atoms. The number of rotatable bonds is 3. The number of hydrogen-bond acceptors (Lipinski definition) is 2. The van der Waals surface area contributed by atoms with Crippen molar-refractivity contribution in [1.82, 2.24) is 0 Å². The van der Waals surface area contributed by atoms with Gasteiger partial charge in [-0.2, -0.15) is 0 Å². The highest BCUT2D eigenvalue weighted by atomic mass is 35.5. The molecule has 1 aromatic heterocycles. The molecule has 0 fully saturated rings. The topological polar surface area (TPSA) is 26.0 Å². The summed E-state index contributed by atoms with van der Waals surface area (Å²) >= 11 is 19.4. The average molecular weight is 307 g/mol. The summed E-state index contributed by atoms with van der Waals surface area (Å²) in [6.07, 6.45) is 0.706. The molecular weight excluding hydrogens is 297 g/mol.